The molecular formula is C16H20Cl2N4O. The molecule has 2 aromatic rings. The Labute approximate surface area is 146 Å². The molecule has 23 heavy (non-hydrogen) atoms. The minimum atomic E-state index is -0.118. The minimum absolute atomic E-state index is 0. The number of nitrogens with zero attached hydrogens (tertiary/aromatic N) is 2. The Morgan fingerprint density at radius 1 is 1.43 bits per heavy atom. The molecule has 1 fully saturated rings. The lowest BCUT2D eigenvalue weighted by Crippen LogP contribution is -2.41. The molecule has 1 amide bonds. The number of nitrogens with one attached hydrogen (secondary N) is 1. The predicted octanol–water partition coefficient (Wildman–Crippen LogP) is 2.47. The van der Waals surface area contributed by atoms with Crippen LogP contribution in [0, 0.1) is 5.92 Å². The Morgan fingerprint density at radius 2 is 2.17 bits per heavy atom. The van der Waals surface area contributed by atoms with Crippen LogP contribution in [0.15, 0.2) is 36.7 Å². The Bertz CT molecular complexity index is 670. The van der Waals surface area contributed by atoms with Crippen molar-refractivity contribution in [2.24, 2.45) is 11.7 Å². The fourth-order valence-corrected chi connectivity index (χ4v) is 2.68. The maximum absolute atomic E-state index is 12.2. The summed E-state index contributed by atoms with van der Waals surface area (Å²) >= 11 is 6.14. The van der Waals surface area contributed by atoms with Gasteiger partial charge in [-0.05, 0) is 30.4 Å². The number of benzene rings is 1. The van der Waals surface area contributed by atoms with Crippen LogP contribution < -0.4 is 11.1 Å². The zero-order valence-electron chi connectivity index (χ0n) is 12.6. The van der Waals surface area contributed by atoms with E-state index in [9.17, 15) is 4.79 Å². The van der Waals surface area contributed by atoms with Gasteiger partial charge in [-0.3, -0.25) is 9.48 Å². The lowest BCUT2D eigenvalue weighted by Gasteiger charge is -2.15. The van der Waals surface area contributed by atoms with Crippen molar-refractivity contribution in [3.8, 4) is 0 Å². The molecule has 0 spiro atoms. The normalized spacial score (nSPS) is 14.9. The molecule has 1 aromatic heterocycles. The number of nitrogens with two attached hydrogens (primary N) is 1. The second-order valence-corrected chi connectivity index (χ2v) is 6.08. The molecule has 5 nitrogen and oxygen atoms in total. The quantitative estimate of drug-likeness (QED) is 0.836. The van der Waals surface area contributed by atoms with Crippen molar-refractivity contribution >= 4 is 29.9 Å². The van der Waals surface area contributed by atoms with Crippen LogP contribution in [-0.2, 0) is 6.54 Å². The highest BCUT2D eigenvalue weighted by Crippen LogP contribution is 2.32. The fraction of sp³-hybridized carbons (Fsp3) is 0.375. The van der Waals surface area contributed by atoms with Crippen LogP contribution in [-0.4, -0.2) is 28.3 Å². The van der Waals surface area contributed by atoms with Gasteiger partial charge in [0.15, 0.2) is 0 Å². The molecule has 3 rings (SSSR count). The van der Waals surface area contributed by atoms with E-state index in [2.05, 4.69) is 10.4 Å². The van der Waals surface area contributed by atoms with Gasteiger partial charge in [-0.15, -0.1) is 12.4 Å². The third-order valence-corrected chi connectivity index (χ3v) is 4.32. The maximum atomic E-state index is 12.2. The fourth-order valence-electron chi connectivity index (χ4n) is 2.49. The van der Waals surface area contributed by atoms with Crippen LogP contribution >= 0.6 is 24.0 Å². The first-order valence-corrected chi connectivity index (χ1v) is 7.82. The molecule has 1 atom stereocenters. The first kappa shape index (κ1) is 17.8. The summed E-state index contributed by atoms with van der Waals surface area (Å²) in [7, 11) is 0. The van der Waals surface area contributed by atoms with Gasteiger partial charge < -0.3 is 11.1 Å². The molecule has 124 valence electrons. The smallest absolute Gasteiger partial charge is 0.254 e. The highest BCUT2D eigenvalue weighted by Gasteiger charge is 2.31. The van der Waals surface area contributed by atoms with Crippen LogP contribution in [0.2, 0.25) is 5.02 Å². The van der Waals surface area contributed by atoms with E-state index >= 15 is 0 Å². The summed E-state index contributed by atoms with van der Waals surface area (Å²) in [6.45, 7) is 1.01. The minimum Gasteiger partial charge on any atom is -0.348 e. The van der Waals surface area contributed by atoms with Gasteiger partial charge in [0.2, 0.25) is 0 Å². The standard InChI is InChI=1S/C16H19ClN4O.ClH/c17-14-4-2-1-3-12(14)9-21-10-13(8-19-21)16(22)20-15(7-18)11-5-6-11;/h1-4,8,10-11,15H,5-7,9,18H2,(H,20,22);1H. The first-order chi connectivity index (χ1) is 10.7. The summed E-state index contributed by atoms with van der Waals surface area (Å²) in [5, 5.41) is 7.92. The maximum Gasteiger partial charge on any atom is 0.254 e. The number of aromatic nitrogens is 2. The van der Waals surface area contributed by atoms with Gasteiger partial charge in [-0.25, -0.2) is 0 Å². The summed E-state index contributed by atoms with van der Waals surface area (Å²) < 4.78 is 1.71. The Hall–Kier alpha value is -1.56. The SMILES string of the molecule is Cl.NCC(NC(=O)c1cnn(Cc2ccccc2Cl)c1)C1CC1. The van der Waals surface area contributed by atoms with E-state index in [0.29, 0.717) is 29.6 Å². The number of amides is 1. The number of hydrogen-bond donors (Lipinski definition) is 2. The first-order valence-electron chi connectivity index (χ1n) is 7.44. The van der Waals surface area contributed by atoms with Gasteiger partial charge in [0.25, 0.3) is 5.91 Å². The van der Waals surface area contributed by atoms with Crippen LogP contribution in [0.4, 0.5) is 0 Å². The molecule has 7 heteroatoms. The highest BCUT2D eigenvalue weighted by molar-refractivity contribution is 6.31. The monoisotopic (exact) mass is 354 g/mol. The number of hydrogen-bond acceptors (Lipinski definition) is 3. The second-order valence-electron chi connectivity index (χ2n) is 5.67. The summed E-state index contributed by atoms with van der Waals surface area (Å²) in [5.41, 5.74) is 7.23. The summed E-state index contributed by atoms with van der Waals surface area (Å²) in [6.07, 6.45) is 5.60. The molecule has 1 saturated carbocycles. The summed E-state index contributed by atoms with van der Waals surface area (Å²) in [5.74, 6) is 0.417. The molecule has 1 unspecified atom stereocenters. The summed E-state index contributed by atoms with van der Waals surface area (Å²) in [6, 6.07) is 7.68. The van der Waals surface area contributed by atoms with Crippen molar-refractivity contribution in [2.75, 3.05) is 6.54 Å². The van der Waals surface area contributed by atoms with Crippen molar-refractivity contribution in [1.82, 2.24) is 15.1 Å². The van der Waals surface area contributed by atoms with Gasteiger partial charge in [0, 0.05) is 23.8 Å². The van der Waals surface area contributed by atoms with E-state index in [-0.39, 0.29) is 24.4 Å². The molecule has 1 heterocycles. The average molecular weight is 355 g/mol. The molecule has 0 saturated heterocycles. The largest absolute Gasteiger partial charge is 0.348 e. The van der Waals surface area contributed by atoms with E-state index in [4.69, 9.17) is 17.3 Å². The lowest BCUT2D eigenvalue weighted by molar-refractivity contribution is 0.0933. The average Bonchev–Trinajstić information content (AvgIpc) is 3.26. The molecule has 1 aliphatic rings. The number of halogens is 2. The van der Waals surface area contributed by atoms with E-state index in [1.54, 1.807) is 17.1 Å². The topological polar surface area (TPSA) is 72.9 Å². The highest BCUT2D eigenvalue weighted by atomic mass is 35.5. The van der Waals surface area contributed by atoms with E-state index in [1.165, 1.54) is 0 Å². The number of carbonyl (C=O) groups excluding carboxylic acids is 1. The number of carbonyl (C=O) groups is 1. The lowest BCUT2D eigenvalue weighted by atomic mass is 10.2. The van der Waals surface area contributed by atoms with Gasteiger partial charge >= 0.3 is 0 Å². The zero-order valence-corrected chi connectivity index (χ0v) is 14.2. The van der Waals surface area contributed by atoms with Crippen molar-refractivity contribution in [1.29, 1.82) is 0 Å². The second kappa shape index (κ2) is 7.81. The van der Waals surface area contributed by atoms with Crippen LogP contribution in [0.3, 0.4) is 0 Å². The summed E-state index contributed by atoms with van der Waals surface area (Å²) in [4.78, 5) is 12.2. The zero-order chi connectivity index (χ0) is 15.5. The van der Waals surface area contributed by atoms with Crippen LogP contribution in [0.5, 0.6) is 0 Å². The predicted molar refractivity (Wildman–Crippen MR) is 93.1 cm³/mol. The molecule has 1 aliphatic carbocycles. The molecule has 1 aromatic carbocycles. The Balaban J connectivity index is 0.00000192. The molecular weight excluding hydrogens is 335 g/mol. The third kappa shape index (κ3) is 4.47. The van der Waals surface area contributed by atoms with Crippen LogP contribution in [0.25, 0.3) is 0 Å². The molecule has 0 radical (unpaired) electrons. The van der Waals surface area contributed by atoms with E-state index in [0.717, 1.165) is 18.4 Å². The Kier molecular flexibility index (Phi) is 6.04. The van der Waals surface area contributed by atoms with Crippen molar-refractivity contribution < 1.29 is 4.79 Å². The van der Waals surface area contributed by atoms with Crippen molar-refractivity contribution in [3.63, 3.8) is 0 Å². The van der Waals surface area contributed by atoms with E-state index < -0.39 is 0 Å². The third-order valence-electron chi connectivity index (χ3n) is 3.95. The molecule has 3 N–H and O–H groups in total. The number of rotatable bonds is 6. The van der Waals surface area contributed by atoms with Gasteiger partial charge in [-0.1, -0.05) is 29.8 Å². The Morgan fingerprint density at radius 3 is 2.83 bits per heavy atom. The van der Waals surface area contributed by atoms with E-state index in [1.807, 2.05) is 24.3 Å². The molecule has 0 aliphatic heterocycles. The van der Waals surface area contributed by atoms with Gasteiger partial charge in [-0.2, -0.15) is 5.10 Å². The van der Waals surface area contributed by atoms with Crippen molar-refractivity contribution in [3.05, 3.63) is 52.8 Å². The van der Waals surface area contributed by atoms with Crippen LogP contribution in [0.1, 0.15) is 28.8 Å². The van der Waals surface area contributed by atoms with Crippen molar-refractivity contribution in [2.45, 2.75) is 25.4 Å². The molecule has 0 bridgehead atoms. The van der Waals surface area contributed by atoms with Gasteiger partial charge in [0.1, 0.15) is 0 Å². The van der Waals surface area contributed by atoms with Gasteiger partial charge in [0.05, 0.1) is 18.3 Å².